The zero-order valence-electron chi connectivity index (χ0n) is 10.7. The highest BCUT2D eigenvalue weighted by Crippen LogP contribution is 2.31. The van der Waals surface area contributed by atoms with E-state index < -0.39 is 5.60 Å². The van der Waals surface area contributed by atoms with Crippen molar-refractivity contribution in [2.45, 2.75) is 25.9 Å². The lowest BCUT2D eigenvalue weighted by Gasteiger charge is -2.21. The Morgan fingerprint density at radius 2 is 2.22 bits per heavy atom. The van der Waals surface area contributed by atoms with Crippen LogP contribution in [0.4, 0.5) is 0 Å². The summed E-state index contributed by atoms with van der Waals surface area (Å²) in [7, 11) is 0. The molecule has 1 atom stereocenters. The number of halogens is 1. The Labute approximate surface area is 112 Å². The van der Waals surface area contributed by atoms with Crippen LogP contribution in [-0.2, 0) is 5.60 Å². The maximum Gasteiger partial charge on any atom is 0.153 e. The number of rotatable bonds is 5. The molecule has 0 bridgehead atoms. The fourth-order valence-electron chi connectivity index (χ4n) is 1.89. The van der Waals surface area contributed by atoms with Gasteiger partial charge in [0.2, 0.25) is 0 Å². The number of benzene rings is 1. The summed E-state index contributed by atoms with van der Waals surface area (Å²) in [6.45, 7) is 5.15. The van der Waals surface area contributed by atoms with E-state index in [1.54, 1.807) is 13.0 Å². The first kappa shape index (κ1) is 13.4. The largest absolute Gasteiger partial charge is 0.456 e. The Kier molecular flexibility index (Phi) is 3.95. The molecule has 0 saturated carbocycles. The maximum absolute atomic E-state index is 10.4. The number of fused-ring (bicyclic) bond motifs is 1. The summed E-state index contributed by atoms with van der Waals surface area (Å²) in [4.78, 5) is 0. The van der Waals surface area contributed by atoms with Crippen molar-refractivity contribution in [3.63, 3.8) is 0 Å². The first-order valence-corrected chi connectivity index (χ1v) is 6.54. The van der Waals surface area contributed by atoms with Gasteiger partial charge in [-0.25, -0.2) is 0 Å². The van der Waals surface area contributed by atoms with E-state index in [4.69, 9.17) is 16.0 Å². The first-order chi connectivity index (χ1) is 8.54. The van der Waals surface area contributed by atoms with Crippen molar-refractivity contribution in [1.82, 2.24) is 5.32 Å². The normalized spacial score (nSPS) is 14.9. The molecule has 0 saturated heterocycles. The fourth-order valence-corrected chi connectivity index (χ4v) is 2.11. The molecule has 0 aliphatic heterocycles. The van der Waals surface area contributed by atoms with Crippen LogP contribution in [0.25, 0.3) is 11.0 Å². The minimum absolute atomic E-state index is 0.457. The summed E-state index contributed by atoms with van der Waals surface area (Å²) >= 11 is 6.06. The highest BCUT2D eigenvalue weighted by molar-refractivity contribution is 6.34. The highest BCUT2D eigenvalue weighted by atomic mass is 35.5. The van der Waals surface area contributed by atoms with Crippen molar-refractivity contribution in [2.75, 3.05) is 13.1 Å². The highest BCUT2D eigenvalue weighted by Gasteiger charge is 2.27. The predicted molar refractivity (Wildman–Crippen MR) is 74.0 cm³/mol. The third-order valence-corrected chi connectivity index (χ3v) is 3.22. The minimum atomic E-state index is -1.03. The summed E-state index contributed by atoms with van der Waals surface area (Å²) in [5, 5.41) is 15.1. The smallest absolute Gasteiger partial charge is 0.153 e. The molecule has 3 nitrogen and oxygen atoms in total. The fraction of sp³-hybridized carbons (Fsp3) is 0.429. The lowest BCUT2D eigenvalue weighted by molar-refractivity contribution is 0.0361. The second kappa shape index (κ2) is 5.31. The van der Waals surface area contributed by atoms with Gasteiger partial charge >= 0.3 is 0 Å². The van der Waals surface area contributed by atoms with Crippen LogP contribution >= 0.6 is 11.6 Å². The summed E-state index contributed by atoms with van der Waals surface area (Å²) in [6.07, 6.45) is 1.03. The third kappa shape index (κ3) is 2.69. The molecule has 0 amide bonds. The van der Waals surface area contributed by atoms with E-state index in [-0.39, 0.29) is 0 Å². The lowest BCUT2D eigenvalue weighted by Crippen LogP contribution is -2.35. The van der Waals surface area contributed by atoms with Gasteiger partial charge < -0.3 is 14.8 Å². The first-order valence-electron chi connectivity index (χ1n) is 6.16. The monoisotopic (exact) mass is 267 g/mol. The van der Waals surface area contributed by atoms with Gasteiger partial charge in [-0.1, -0.05) is 30.7 Å². The topological polar surface area (TPSA) is 45.4 Å². The van der Waals surface area contributed by atoms with Gasteiger partial charge in [0.25, 0.3) is 0 Å². The van der Waals surface area contributed by atoms with E-state index in [2.05, 4.69) is 12.2 Å². The zero-order chi connectivity index (χ0) is 13.2. The van der Waals surface area contributed by atoms with E-state index in [9.17, 15) is 5.11 Å². The molecule has 0 spiro atoms. The molecule has 4 heteroatoms. The molecule has 98 valence electrons. The molecule has 0 fully saturated rings. The van der Waals surface area contributed by atoms with Crippen LogP contribution in [0.1, 0.15) is 26.0 Å². The van der Waals surface area contributed by atoms with Crippen LogP contribution in [0.3, 0.4) is 0 Å². The molecule has 0 aliphatic carbocycles. The van der Waals surface area contributed by atoms with E-state index in [1.165, 1.54) is 0 Å². The van der Waals surface area contributed by atoms with Crippen LogP contribution in [0.5, 0.6) is 0 Å². The van der Waals surface area contributed by atoms with E-state index in [0.717, 1.165) is 18.4 Å². The van der Waals surface area contributed by atoms with Crippen molar-refractivity contribution < 1.29 is 9.52 Å². The number of hydrogen-bond acceptors (Lipinski definition) is 3. The Morgan fingerprint density at radius 3 is 2.89 bits per heavy atom. The summed E-state index contributed by atoms with van der Waals surface area (Å²) in [5.41, 5.74) is -0.401. The van der Waals surface area contributed by atoms with Gasteiger partial charge in [0.1, 0.15) is 11.4 Å². The molecule has 0 aliphatic rings. The molecule has 1 unspecified atom stereocenters. The van der Waals surface area contributed by atoms with Gasteiger partial charge in [0, 0.05) is 11.9 Å². The average Bonchev–Trinajstić information content (AvgIpc) is 2.75. The standard InChI is InChI=1S/C14H18ClNO2/c1-3-7-16-9-14(2,17)12-8-10-5-4-6-11(15)13(10)18-12/h4-6,8,16-17H,3,7,9H2,1-2H3. The lowest BCUT2D eigenvalue weighted by atomic mass is 10.0. The molecule has 0 radical (unpaired) electrons. The Balaban J connectivity index is 2.27. The maximum atomic E-state index is 10.4. The number of nitrogens with one attached hydrogen (secondary N) is 1. The van der Waals surface area contributed by atoms with Gasteiger partial charge in [-0.2, -0.15) is 0 Å². The van der Waals surface area contributed by atoms with Gasteiger partial charge in [-0.15, -0.1) is 0 Å². The van der Waals surface area contributed by atoms with Crippen molar-refractivity contribution in [3.8, 4) is 0 Å². The van der Waals surface area contributed by atoms with Crippen LogP contribution in [0.2, 0.25) is 5.02 Å². The Hall–Kier alpha value is -1.03. The van der Waals surface area contributed by atoms with Crippen LogP contribution in [0.15, 0.2) is 28.7 Å². The molecule has 2 N–H and O–H groups in total. The van der Waals surface area contributed by atoms with Gasteiger partial charge in [0.15, 0.2) is 5.58 Å². The van der Waals surface area contributed by atoms with Crippen molar-refractivity contribution in [2.24, 2.45) is 0 Å². The van der Waals surface area contributed by atoms with Crippen LogP contribution in [-0.4, -0.2) is 18.2 Å². The summed E-state index contributed by atoms with van der Waals surface area (Å²) < 4.78 is 5.67. The Bertz CT molecular complexity index is 534. The molecular weight excluding hydrogens is 250 g/mol. The van der Waals surface area contributed by atoms with Crippen molar-refractivity contribution in [1.29, 1.82) is 0 Å². The van der Waals surface area contributed by atoms with Gasteiger partial charge in [-0.05, 0) is 32.0 Å². The molecule has 1 aromatic heterocycles. The SMILES string of the molecule is CCCNCC(C)(O)c1cc2cccc(Cl)c2o1. The third-order valence-electron chi connectivity index (χ3n) is 2.92. The van der Waals surface area contributed by atoms with Crippen LogP contribution < -0.4 is 5.32 Å². The zero-order valence-corrected chi connectivity index (χ0v) is 11.4. The summed E-state index contributed by atoms with van der Waals surface area (Å²) in [5.74, 6) is 0.536. The molecule has 2 rings (SSSR count). The number of furan rings is 1. The van der Waals surface area contributed by atoms with Gasteiger partial charge in [0.05, 0.1) is 5.02 Å². The molecule has 1 heterocycles. The predicted octanol–water partition coefficient (Wildman–Crippen LogP) is 3.29. The van der Waals surface area contributed by atoms with Crippen molar-refractivity contribution >= 4 is 22.6 Å². The Morgan fingerprint density at radius 1 is 1.44 bits per heavy atom. The number of aliphatic hydroxyl groups is 1. The van der Waals surface area contributed by atoms with E-state index in [1.807, 2.05) is 18.2 Å². The average molecular weight is 268 g/mol. The quantitative estimate of drug-likeness (QED) is 0.817. The number of para-hydroxylation sites is 1. The second-order valence-electron chi connectivity index (χ2n) is 4.72. The second-order valence-corrected chi connectivity index (χ2v) is 5.13. The molecule has 18 heavy (non-hydrogen) atoms. The van der Waals surface area contributed by atoms with E-state index in [0.29, 0.717) is 22.9 Å². The van der Waals surface area contributed by atoms with Crippen molar-refractivity contribution in [3.05, 3.63) is 35.0 Å². The molecule has 1 aromatic carbocycles. The number of hydrogen-bond donors (Lipinski definition) is 2. The van der Waals surface area contributed by atoms with E-state index >= 15 is 0 Å². The van der Waals surface area contributed by atoms with Crippen LogP contribution in [0, 0.1) is 0 Å². The minimum Gasteiger partial charge on any atom is -0.456 e. The molecule has 2 aromatic rings. The molecular formula is C14H18ClNO2. The summed E-state index contributed by atoms with van der Waals surface area (Å²) in [6, 6.07) is 7.41. The van der Waals surface area contributed by atoms with Gasteiger partial charge in [-0.3, -0.25) is 0 Å².